The van der Waals surface area contributed by atoms with Crippen LogP contribution in [0.25, 0.3) is 11.3 Å². The van der Waals surface area contributed by atoms with Crippen LogP contribution >= 0.6 is 22.9 Å². The molecule has 0 spiro atoms. The van der Waals surface area contributed by atoms with Gasteiger partial charge >= 0.3 is 5.97 Å². The molecule has 242 valence electrons. The molecule has 0 atom stereocenters. The molecular weight excluding hydrogens is 598 g/mol. The first kappa shape index (κ1) is 35.5. The van der Waals surface area contributed by atoms with E-state index >= 15 is 0 Å². The van der Waals surface area contributed by atoms with E-state index in [0.29, 0.717) is 29.1 Å². The van der Waals surface area contributed by atoms with Crippen LogP contribution in [0, 0.1) is 6.92 Å². The van der Waals surface area contributed by atoms with E-state index in [1.807, 2.05) is 18.7 Å². The van der Waals surface area contributed by atoms with Gasteiger partial charge in [0.2, 0.25) is 5.91 Å². The Hall–Kier alpha value is -2.98. The first-order valence-electron chi connectivity index (χ1n) is 15.3. The van der Waals surface area contributed by atoms with Gasteiger partial charge in [-0.15, -0.1) is 11.3 Å². The Balaban J connectivity index is 0.00000259. The standard InChI is InChI=1S/C31H42ClN5O4S.C2H6/c1-18-33-23(16-25(39)40-8)35-37(18)17-24(38)36-12-10-19(11-13-36)29-34-26(28(32)42-29)20-14-21(30(2,3)4)27(41-9)22(15-20)31(5,6)7;1-2/h14-15,19H,10-13,16-17H2,1-9H3;1-2H3. The minimum Gasteiger partial charge on any atom is -0.496 e. The molecule has 0 unspecified atom stereocenters. The Kier molecular flexibility index (Phi) is 11.6. The molecule has 0 bridgehead atoms. The Morgan fingerprint density at radius 1 is 1.00 bits per heavy atom. The predicted molar refractivity (Wildman–Crippen MR) is 177 cm³/mol. The molecule has 1 saturated heterocycles. The minimum atomic E-state index is -0.415. The van der Waals surface area contributed by atoms with Crippen molar-refractivity contribution in [2.75, 3.05) is 27.3 Å². The van der Waals surface area contributed by atoms with Gasteiger partial charge in [-0.1, -0.05) is 67.0 Å². The average molecular weight is 646 g/mol. The van der Waals surface area contributed by atoms with Gasteiger partial charge in [0.1, 0.15) is 34.6 Å². The minimum absolute atomic E-state index is 0.0200. The first-order valence-corrected chi connectivity index (χ1v) is 16.5. The van der Waals surface area contributed by atoms with E-state index in [-0.39, 0.29) is 35.6 Å². The zero-order valence-electron chi connectivity index (χ0n) is 28.1. The molecule has 3 aromatic rings. The number of piperidine rings is 1. The van der Waals surface area contributed by atoms with Crippen molar-refractivity contribution in [1.82, 2.24) is 24.6 Å². The fourth-order valence-corrected chi connectivity index (χ4v) is 6.65. The topological polar surface area (TPSA) is 99.4 Å². The second kappa shape index (κ2) is 14.4. The molecule has 0 saturated carbocycles. The molecule has 1 fully saturated rings. The van der Waals surface area contributed by atoms with Gasteiger partial charge in [0.05, 0.1) is 19.2 Å². The number of aryl methyl sites for hydroxylation is 1. The zero-order valence-corrected chi connectivity index (χ0v) is 29.7. The monoisotopic (exact) mass is 645 g/mol. The van der Waals surface area contributed by atoms with Crippen LogP contribution in [0.15, 0.2) is 12.1 Å². The van der Waals surface area contributed by atoms with E-state index in [1.165, 1.54) is 18.4 Å². The van der Waals surface area contributed by atoms with Crippen LogP contribution in [0.3, 0.4) is 0 Å². The van der Waals surface area contributed by atoms with E-state index in [1.54, 1.807) is 18.7 Å². The summed E-state index contributed by atoms with van der Waals surface area (Å²) in [6.07, 6.45) is 1.60. The average Bonchev–Trinajstić information content (AvgIpc) is 3.53. The molecule has 2 aromatic heterocycles. The van der Waals surface area contributed by atoms with Gasteiger partial charge in [0.15, 0.2) is 5.82 Å². The van der Waals surface area contributed by atoms with Crippen molar-refractivity contribution >= 4 is 34.8 Å². The van der Waals surface area contributed by atoms with E-state index in [9.17, 15) is 9.59 Å². The summed E-state index contributed by atoms with van der Waals surface area (Å²) < 4.78 is 12.8. The van der Waals surface area contributed by atoms with E-state index < -0.39 is 5.97 Å². The Morgan fingerprint density at radius 3 is 2.07 bits per heavy atom. The van der Waals surface area contributed by atoms with Crippen LogP contribution in [0.2, 0.25) is 4.34 Å². The molecule has 0 aliphatic carbocycles. The van der Waals surface area contributed by atoms with Crippen LogP contribution in [-0.4, -0.2) is 63.8 Å². The largest absolute Gasteiger partial charge is 0.496 e. The van der Waals surface area contributed by atoms with Crippen molar-refractivity contribution in [3.8, 4) is 17.0 Å². The number of ether oxygens (including phenoxy) is 2. The van der Waals surface area contributed by atoms with Gasteiger partial charge in [-0.3, -0.25) is 9.59 Å². The SMILES string of the molecule is CC.COC(=O)Cc1nc(C)n(CC(=O)N2CCC(c3nc(-c4cc(C(C)(C)C)c(OC)c(C(C)(C)C)c4)c(Cl)s3)CC2)n1. The highest BCUT2D eigenvalue weighted by Crippen LogP contribution is 2.45. The van der Waals surface area contributed by atoms with E-state index in [2.05, 4.69) is 68.5 Å². The summed E-state index contributed by atoms with van der Waals surface area (Å²) >= 11 is 8.38. The molecule has 1 aliphatic heterocycles. The number of carbonyl (C=O) groups excluding carboxylic acids is 2. The Labute approximate surface area is 271 Å². The van der Waals surface area contributed by atoms with Crippen LogP contribution < -0.4 is 4.74 Å². The summed E-state index contributed by atoms with van der Waals surface area (Å²) in [5, 5.41) is 5.32. The maximum Gasteiger partial charge on any atom is 0.313 e. The number of benzene rings is 1. The zero-order chi connectivity index (χ0) is 33.0. The molecule has 44 heavy (non-hydrogen) atoms. The van der Waals surface area contributed by atoms with Crippen LogP contribution in [0.4, 0.5) is 0 Å². The number of hydrogen-bond donors (Lipinski definition) is 0. The molecular formula is C33H48ClN5O4S. The highest BCUT2D eigenvalue weighted by atomic mass is 35.5. The molecule has 4 rings (SSSR count). The van der Waals surface area contributed by atoms with Gasteiger partial charge in [-0.2, -0.15) is 5.10 Å². The quantitative estimate of drug-likeness (QED) is 0.252. The van der Waals surface area contributed by atoms with Gasteiger partial charge < -0.3 is 14.4 Å². The summed E-state index contributed by atoms with van der Waals surface area (Å²) in [7, 11) is 3.06. The fraction of sp³-hybridized carbons (Fsp3) is 0.606. The molecule has 0 N–H and O–H groups in total. The van der Waals surface area contributed by atoms with Gasteiger partial charge in [-0.25, -0.2) is 14.6 Å². The number of nitrogens with zero attached hydrogens (tertiary/aromatic N) is 5. The van der Waals surface area contributed by atoms with Crippen molar-refractivity contribution in [2.24, 2.45) is 0 Å². The number of methoxy groups -OCH3 is 2. The van der Waals surface area contributed by atoms with Crippen molar-refractivity contribution in [3.05, 3.63) is 44.3 Å². The Morgan fingerprint density at radius 2 is 1.57 bits per heavy atom. The molecule has 3 heterocycles. The predicted octanol–water partition coefficient (Wildman–Crippen LogP) is 7.11. The molecule has 1 amide bonds. The molecule has 9 nitrogen and oxygen atoms in total. The Bertz CT molecular complexity index is 1420. The van der Waals surface area contributed by atoms with Crippen LogP contribution in [0.1, 0.15) is 102 Å². The third-order valence-corrected chi connectivity index (χ3v) is 9.11. The maximum atomic E-state index is 13.1. The molecule has 11 heteroatoms. The lowest BCUT2D eigenvalue weighted by Crippen LogP contribution is -2.40. The van der Waals surface area contributed by atoms with Crippen molar-refractivity contribution < 1.29 is 19.1 Å². The number of esters is 1. The summed E-state index contributed by atoms with van der Waals surface area (Å²) in [5.74, 6) is 1.65. The smallest absolute Gasteiger partial charge is 0.313 e. The lowest BCUT2D eigenvalue weighted by atomic mass is 9.78. The molecule has 1 aliphatic rings. The summed E-state index contributed by atoms with van der Waals surface area (Å²) in [6, 6.07) is 4.34. The van der Waals surface area contributed by atoms with Gasteiger partial charge in [0, 0.05) is 35.7 Å². The second-order valence-electron chi connectivity index (χ2n) is 12.9. The van der Waals surface area contributed by atoms with Gasteiger partial charge in [-0.05, 0) is 42.7 Å². The number of aromatic nitrogens is 4. The third-order valence-electron chi connectivity index (χ3n) is 7.70. The number of hydrogen-bond acceptors (Lipinski definition) is 8. The summed E-state index contributed by atoms with van der Waals surface area (Å²) in [6.45, 7) is 20.3. The lowest BCUT2D eigenvalue weighted by molar-refractivity contribution is -0.139. The highest BCUT2D eigenvalue weighted by molar-refractivity contribution is 7.16. The van der Waals surface area contributed by atoms with Crippen LogP contribution in [-0.2, 0) is 38.1 Å². The maximum absolute atomic E-state index is 13.1. The number of likely N-dealkylation sites (tertiary alicyclic amines) is 1. The van der Waals surface area contributed by atoms with Crippen molar-refractivity contribution in [1.29, 1.82) is 0 Å². The van der Waals surface area contributed by atoms with E-state index in [4.69, 9.17) is 21.3 Å². The van der Waals surface area contributed by atoms with Crippen molar-refractivity contribution in [2.45, 2.75) is 105 Å². The van der Waals surface area contributed by atoms with Crippen LogP contribution in [0.5, 0.6) is 5.75 Å². The summed E-state index contributed by atoms with van der Waals surface area (Å²) in [5.41, 5.74) is 3.81. The second-order valence-corrected chi connectivity index (χ2v) is 14.6. The first-order chi connectivity index (χ1) is 20.6. The normalized spacial score (nSPS) is 14.2. The third kappa shape index (κ3) is 8.18. The van der Waals surface area contributed by atoms with Gasteiger partial charge in [0.25, 0.3) is 0 Å². The number of amides is 1. The number of rotatable bonds is 7. The fourth-order valence-electron chi connectivity index (χ4n) is 5.28. The number of thiazole rings is 1. The van der Waals surface area contributed by atoms with E-state index in [0.717, 1.165) is 46.0 Å². The summed E-state index contributed by atoms with van der Waals surface area (Å²) in [4.78, 5) is 35.8. The molecule has 1 aromatic carbocycles. The number of halogens is 1. The molecule has 0 radical (unpaired) electrons. The van der Waals surface area contributed by atoms with Crippen molar-refractivity contribution in [3.63, 3.8) is 0 Å². The highest BCUT2D eigenvalue weighted by Gasteiger charge is 2.31. The number of carbonyl (C=O) groups is 2. The lowest BCUT2D eigenvalue weighted by Gasteiger charge is -2.31.